The molecular formula is C16H14BrN3S. The number of aryl methyl sites for hydroxylation is 1. The van der Waals surface area contributed by atoms with Gasteiger partial charge in [0, 0.05) is 12.1 Å². The second-order valence-corrected chi connectivity index (χ2v) is 7.67. The average Bonchev–Trinajstić information content (AvgIpc) is 3.15. The molecule has 1 aromatic carbocycles. The topological polar surface area (TPSA) is 29.9 Å². The first kappa shape index (κ1) is 13.1. The number of anilines is 1. The summed E-state index contributed by atoms with van der Waals surface area (Å²) in [5, 5.41) is 8.33. The van der Waals surface area contributed by atoms with Crippen LogP contribution >= 0.6 is 27.3 Å². The zero-order valence-corrected chi connectivity index (χ0v) is 14.0. The largest absolute Gasteiger partial charge is 0.369 e. The Balaban J connectivity index is 1.88. The van der Waals surface area contributed by atoms with Crippen LogP contribution < -0.4 is 5.32 Å². The first-order valence-corrected chi connectivity index (χ1v) is 8.52. The molecule has 3 nitrogen and oxygen atoms in total. The van der Waals surface area contributed by atoms with Crippen molar-refractivity contribution in [3.8, 4) is 16.3 Å². The fourth-order valence-electron chi connectivity index (χ4n) is 2.69. The van der Waals surface area contributed by atoms with Crippen molar-refractivity contribution in [1.82, 2.24) is 9.78 Å². The number of nitrogens with zero attached hydrogens (tertiary/aromatic N) is 2. The second-order valence-electron chi connectivity index (χ2n) is 5.20. The predicted molar refractivity (Wildman–Crippen MR) is 91.5 cm³/mol. The van der Waals surface area contributed by atoms with Gasteiger partial charge < -0.3 is 5.32 Å². The third kappa shape index (κ3) is 2.21. The van der Waals surface area contributed by atoms with Gasteiger partial charge in [0.25, 0.3) is 0 Å². The fourth-order valence-corrected chi connectivity index (χ4v) is 4.09. The highest BCUT2D eigenvalue weighted by molar-refractivity contribution is 9.11. The molecule has 0 aliphatic carbocycles. The van der Waals surface area contributed by atoms with Crippen LogP contribution in [-0.4, -0.2) is 16.3 Å². The first-order chi connectivity index (χ1) is 10.2. The van der Waals surface area contributed by atoms with Gasteiger partial charge in [-0.1, -0.05) is 17.7 Å². The molecule has 3 heterocycles. The van der Waals surface area contributed by atoms with Crippen molar-refractivity contribution in [1.29, 1.82) is 0 Å². The summed E-state index contributed by atoms with van der Waals surface area (Å²) >= 11 is 5.27. The second kappa shape index (κ2) is 5.00. The van der Waals surface area contributed by atoms with Crippen LogP contribution in [0.5, 0.6) is 0 Å². The molecule has 1 aliphatic rings. The van der Waals surface area contributed by atoms with Crippen LogP contribution in [0.25, 0.3) is 16.3 Å². The van der Waals surface area contributed by atoms with Gasteiger partial charge in [0.1, 0.15) is 11.5 Å². The SMILES string of the molecule is Cc1ccc(-n2nc(-c3ccc(Br)s3)c3c2NCC3)cc1. The molecule has 1 N–H and O–H groups in total. The fraction of sp³-hybridized carbons (Fsp3) is 0.188. The summed E-state index contributed by atoms with van der Waals surface area (Å²) in [6.07, 6.45) is 1.03. The monoisotopic (exact) mass is 359 g/mol. The molecule has 3 aromatic rings. The van der Waals surface area contributed by atoms with E-state index in [0.717, 1.165) is 34.0 Å². The Hall–Kier alpha value is -1.59. The molecule has 0 unspecified atom stereocenters. The number of rotatable bonds is 2. The van der Waals surface area contributed by atoms with Gasteiger partial charge in [0.2, 0.25) is 0 Å². The quantitative estimate of drug-likeness (QED) is 0.722. The van der Waals surface area contributed by atoms with Gasteiger partial charge in [-0.3, -0.25) is 0 Å². The van der Waals surface area contributed by atoms with Gasteiger partial charge in [-0.2, -0.15) is 5.10 Å². The van der Waals surface area contributed by atoms with Crippen molar-refractivity contribution in [2.45, 2.75) is 13.3 Å². The summed E-state index contributed by atoms with van der Waals surface area (Å²) < 4.78 is 3.17. The van der Waals surface area contributed by atoms with Crippen LogP contribution in [0.15, 0.2) is 40.2 Å². The maximum atomic E-state index is 4.86. The molecule has 0 atom stereocenters. The number of aromatic nitrogens is 2. The number of halogens is 1. The summed E-state index contributed by atoms with van der Waals surface area (Å²) in [4.78, 5) is 1.22. The van der Waals surface area contributed by atoms with Crippen molar-refractivity contribution >= 4 is 33.1 Å². The molecule has 4 rings (SSSR count). The third-order valence-corrected chi connectivity index (χ3v) is 5.37. The maximum absolute atomic E-state index is 4.86. The highest BCUT2D eigenvalue weighted by Crippen LogP contribution is 2.38. The number of hydrogen-bond acceptors (Lipinski definition) is 3. The molecule has 0 spiro atoms. The molecule has 0 fully saturated rings. The Morgan fingerprint density at radius 2 is 2.00 bits per heavy atom. The van der Waals surface area contributed by atoms with Gasteiger partial charge in [-0.25, -0.2) is 4.68 Å². The molecule has 0 saturated carbocycles. The minimum atomic E-state index is 0.985. The van der Waals surface area contributed by atoms with E-state index in [0.29, 0.717) is 0 Å². The van der Waals surface area contributed by atoms with E-state index in [9.17, 15) is 0 Å². The first-order valence-electron chi connectivity index (χ1n) is 6.91. The molecule has 21 heavy (non-hydrogen) atoms. The lowest BCUT2D eigenvalue weighted by molar-refractivity contribution is 0.883. The van der Waals surface area contributed by atoms with E-state index in [1.165, 1.54) is 16.0 Å². The van der Waals surface area contributed by atoms with E-state index in [1.54, 1.807) is 11.3 Å². The van der Waals surface area contributed by atoms with Crippen LogP contribution in [0.4, 0.5) is 5.82 Å². The Bertz CT molecular complexity index is 802. The molecular weight excluding hydrogens is 346 g/mol. The van der Waals surface area contributed by atoms with E-state index in [2.05, 4.69) is 64.6 Å². The molecule has 1 aliphatic heterocycles. The normalized spacial score (nSPS) is 13.2. The molecule has 0 saturated heterocycles. The van der Waals surface area contributed by atoms with E-state index in [1.807, 2.05) is 4.68 Å². The number of thiophene rings is 1. The molecule has 5 heteroatoms. The summed E-state index contributed by atoms with van der Waals surface area (Å²) in [7, 11) is 0. The summed E-state index contributed by atoms with van der Waals surface area (Å²) in [6, 6.07) is 12.7. The number of hydrogen-bond donors (Lipinski definition) is 1. The Morgan fingerprint density at radius 3 is 2.71 bits per heavy atom. The molecule has 0 bridgehead atoms. The van der Waals surface area contributed by atoms with Crippen LogP contribution in [0, 0.1) is 6.92 Å². The Morgan fingerprint density at radius 1 is 1.19 bits per heavy atom. The highest BCUT2D eigenvalue weighted by Gasteiger charge is 2.24. The number of benzene rings is 1. The minimum Gasteiger partial charge on any atom is -0.369 e. The van der Waals surface area contributed by atoms with Gasteiger partial charge in [0.05, 0.1) is 14.4 Å². The highest BCUT2D eigenvalue weighted by atomic mass is 79.9. The molecule has 0 radical (unpaired) electrons. The van der Waals surface area contributed by atoms with Gasteiger partial charge in [-0.15, -0.1) is 11.3 Å². The van der Waals surface area contributed by atoms with Crippen molar-refractivity contribution in [3.05, 3.63) is 51.3 Å². The van der Waals surface area contributed by atoms with Crippen molar-refractivity contribution in [2.75, 3.05) is 11.9 Å². The molecule has 106 valence electrons. The predicted octanol–water partition coefficient (Wildman–Crippen LogP) is 4.64. The van der Waals surface area contributed by atoms with E-state index in [4.69, 9.17) is 5.10 Å². The maximum Gasteiger partial charge on any atom is 0.133 e. The van der Waals surface area contributed by atoms with Crippen LogP contribution in [0.3, 0.4) is 0 Å². The summed E-state index contributed by atoms with van der Waals surface area (Å²) in [5.74, 6) is 1.14. The lowest BCUT2D eigenvalue weighted by Gasteiger charge is -2.06. The summed E-state index contributed by atoms with van der Waals surface area (Å²) in [5.41, 5.74) is 4.79. The molecule has 2 aromatic heterocycles. The average molecular weight is 360 g/mol. The van der Waals surface area contributed by atoms with Crippen molar-refractivity contribution in [3.63, 3.8) is 0 Å². The van der Waals surface area contributed by atoms with E-state index in [-0.39, 0.29) is 0 Å². The smallest absolute Gasteiger partial charge is 0.133 e. The Labute approximate surface area is 135 Å². The van der Waals surface area contributed by atoms with E-state index < -0.39 is 0 Å². The van der Waals surface area contributed by atoms with E-state index >= 15 is 0 Å². The lowest BCUT2D eigenvalue weighted by Crippen LogP contribution is -2.04. The zero-order chi connectivity index (χ0) is 14.4. The summed E-state index contributed by atoms with van der Waals surface area (Å²) in [6.45, 7) is 3.09. The van der Waals surface area contributed by atoms with Crippen molar-refractivity contribution in [2.24, 2.45) is 0 Å². The van der Waals surface area contributed by atoms with Crippen LogP contribution in [0.1, 0.15) is 11.1 Å². The van der Waals surface area contributed by atoms with Crippen LogP contribution in [0.2, 0.25) is 0 Å². The lowest BCUT2D eigenvalue weighted by atomic mass is 10.2. The standard InChI is InChI=1S/C16H14BrN3S/c1-10-2-4-11(5-3-10)20-16-12(8-9-18-16)15(19-20)13-6-7-14(17)21-13/h2-7,18H,8-9H2,1H3. The van der Waals surface area contributed by atoms with Gasteiger partial charge in [0.15, 0.2) is 0 Å². The minimum absolute atomic E-state index is 0.985. The molecule has 0 amide bonds. The van der Waals surface area contributed by atoms with Gasteiger partial charge in [-0.05, 0) is 53.5 Å². The number of nitrogens with one attached hydrogen (secondary N) is 1. The third-order valence-electron chi connectivity index (χ3n) is 3.74. The Kier molecular flexibility index (Phi) is 3.12. The zero-order valence-electron chi connectivity index (χ0n) is 11.6. The van der Waals surface area contributed by atoms with Crippen molar-refractivity contribution < 1.29 is 0 Å². The van der Waals surface area contributed by atoms with Gasteiger partial charge >= 0.3 is 0 Å². The van der Waals surface area contributed by atoms with Crippen LogP contribution in [-0.2, 0) is 6.42 Å². The number of fused-ring (bicyclic) bond motifs is 1.